The van der Waals surface area contributed by atoms with E-state index in [-0.39, 0.29) is 0 Å². The van der Waals surface area contributed by atoms with Gasteiger partial charge in [-0.05, 0) is 189 Å². The molecule has 0 N–H and O–H groups in total. The Morgan fingerprint density at radius 2 is 0.292 bits per heavy atom. The van der Waals surface area contributed by atoms with Crippen molar-refractivity contribution >= 4 is 87.2 Å². The second-order valence-electron chi connectivity index (χ2n) is 33.2. The summed E-state index contributed by atoms with van der Waals surface area (Å²) >= 11 is 0. The molecule has 130 heavy (non-hydrogen) atoms. The summed E-state index contributed by atoms with van der Waals surface area (Å²) in [5.74, 6) is 1.39. The number of hydrogen-bond donors (Lipinski definition) is 0. The Hall–Kier alpha value is -17.5. The molecule has 608 valence electrons. The molecule has 0 amide bonds. The van der Waals surface area contributed by atoms with Crippen LogP contribution in [-0.2, 0) is 0 Å². The molecule has 0 saturated carbocycles. The van der Waals surface area contributed by atoms with E-state index in [4.69, 9.17) is 19.9 Å². The Kier molecular flexibility index (Phi) is 19.1. The van der Waals surface area contributed by atoms with Gasteiger partial charge in [0.2, 0.25) is 0 Å². The molecule has 0 unspecified atom stereocenters. The summed E-state index contributed by atoms with van der Waals surface area (Å²) in [5, 5.41) is 9.88. The third-order valence-corrected chi connectivity index (χ3v) is 25.5. The van der Waals surface area contributed by atoms with Crippen LogP contribution in [0.5, 0.6) is 0 Å². The molecule has 25 rings (SSSR count). The van der Waals surface area contributed by atoms with Gasteiger partial charge in [0, 0.05) is 99.2 Å². The fraction of sp³-hybridized carbons (Fsp3) is 0. The molecule has 0 fully saturated rings. The van der Waals surface area contributed by atoms with Crippen molar-refractivity contribution in [3.8, 4) is 146 Å². The zero-order valence-electron chi connectivity index (χ0n) is 70.8. The molecule has 0 aliphatic carbocycles. The lowest BCUT2D eigenvalue weighted by Crippen LogP contribution is -1.97. The number of fused-ring (bicyclic) bond motifs is 12. The first-order chi connectivity index (χ1) is 64.4. The summed E-state index contributed by atoms with van der Waals surface area (Å²) in [6.45, 7) is 0. The Labute approximate surface area is 751 Å². The quantitative estimate of drug-likeness (QED) is 0.103. The van der Waals surface area contributed by atoms with Crippen LogP contribution in [0.2, 0.25) is 0 Å². The van der Waals surface area contributed by atoms with Gasteiger partial charge in [-0.25, -0.2) is 19.9 Å². The summed E-state index contributed by atoms with van der Waals surface area (Å²) < 4.78 is 9.50. The average Bonchev–Trinajstić information content (AvgIpc) is 1.59. The van der Waals surface area contributed by atoms with Crippen LogP contribution in [0.25, 0.3) is 233 Å². The highest BCUT2D eigenvalue weighted by atomic mass is 15.0. The van der Waals surface area contributed by atoms with Crippen molar-refractivity contribution in [3.63, 3.8) is 0 Å². The molecule has 0 bridgehead atoms. The Balaban J connectivity index is 0.000000145. The summed E-state index contributed by atoms with van der Waals surface area (Å²) in [5.41, 5.74) is 35.4. The second-order valence-corrected chi connectivity index (χ2v) is 33.2. The molecular formula is C122H80N8. The first-order valence-corrected chi connectivity index (χ1v) is 44.2. The second kappa shape index (κ2) is 32.6. The fourth-order valence-corrected chi connectivity index (χ4v) is 19.1. The van der Waals surface area contributed by atoms with Crippen molar-refractivity contribution in [1.82, 2.24) is 38.2 Å². The van der Waals surface area contributed by atoms with Crippen LogP contribution in [0, 0.1) is 0 Å². The van der Waals surface area contributed by atoms with Gasteiger partial charge in [0.05, 0.1) is 66.9 Å². The van der Waals surface area contributed by atoms with Crippen LogP contribution in [0.3, 0.4) is 0 Å². The van der Waals surface area contributed by atoms with Crippen molar-refractivity contribution in [2.45, 2.75) is 0 Å². The molecular weight excluding hydrogens is 1580 g/mol. The number of para-hydroxylation sites is 6. The van der Waals surface area contributed by atoms with Crippen LogP contribution >= 0.6 is 0 Å². The minimum atomic E-state index is 0.688. The Bertz CT molecular complexity index is 8460. The topological polar surface area (TPSA) is 71.3 Å². The highest BCUT2D eigenvalue weighted by molar-refractivity contribution is 6.15. The lowest BCUT2D eigenvalue weighted by atomic mass is 10.0. The Morgan fingerprint density at radius 1 is 0.115 bits per heavy atom. The average molecular weight is 1660 g/mol. The molecule has 8 heteroatoms. The fourth-order valence-electron chi connectivity index (χ4n) is 19.1. The van der Waals surface area contributed by atoms with E-state index in [1.807, 2.05) is 36.4 Å². The van der Waals surface area contributed by atoms with Crippen LogP contribution in [0.1, 0.15) is 0 Å². The van der Waals surface area contributed by atoms with E-state index in [0.29, 0.717) is 11.6 Å². The maximum Gasteiger partial charge on any atom is 0.160 e. The summed E-state index contributed by atoms with van der Waals surface area (Å²) in [6.07, 6.45) is 0. The minimum absolute atomic E-state index is 0.688. The van der Waals surface area contributed by atoms with Crippen molar-refractivity contribution in [3.05, 3.63) is 485 Å². The SMILES string of the molecule is c1ccc(-c2ccc(-c3cc(-c4ccc(-n5c6ccccc6c6cc(-c7ccc8c(c7)c7ccccc7n8-c7ccccc7)ccc65)cc4)nc(-c4ccc(-c5ccccc5)cc4)n3)cc2)cc1.c1ccc(-c2ccc(-c3cc(-c4ccc(-n5c6ccccc6c6cc(-c7ccc8c(c7)c7ccccc7n8-c7ccccc7)ccc65)cc4)nc(-c4ccccc4)n3)cc2)cc1. The van der Waals surface area contributed by atoms with E-state index in [0.717, 1.165) is 90.0 Å². The van der Waals surface area contributed by atoms with Crippen molar-refractivity contribution in [2.75, 3.05) is 0 Å². The standard InChI is InChI=1S/C64H42N4.C58H38N4/c1-4-14-43(15-5-1)45-24-28-47(29-25-45)58-42-59(66-64(65-58)49-30-26-46(27-31-49)44-16-6-2-7-17-44)48-32-36-53(37-33-48)68-61-23-13-11-21-55(61)57-41-51(35-39-63(57)68)50-34-38-62-56(40-50)54-20-10-12-22-60(54)67(62)52-18-8-3-9-19-52;1-4-14-39(15-5-1)40-24-26-41(27-25-40)52-38-53(60-58(59-52)43-16-6-2-7-17-43)42-28-32-47(33-29-42)62-55-23-13-11-21-49(55)51-37-45(31-35-57(51)62)44-30-34-56-50(36-44)48-20-10-12-22-54(48)61(56)46-18-8-3-9-19-46/h1-42H;1-38H. The van der Waals surface area contributed by atoms with E-state index in [1.54, 1.807) is 0 Å². The van der Waals surface area contributed by atoms with E-state index in [2.05, 4.69) is 467 Å². The highest BCUT2D eigenvalue weighted by Crippen LogP contribution is 2.44. The molecule has 0 spiro atoms. The van der Waals surface area contributed by atoms with Gasteiger partial charge in [-0.1, -0.05) is 352 Å². The van der Waals surface area contributed by atoms with Crippen LogP contribution in [-0.4, -0.2) is 38.2 Å². The predicted octanol–water partition coefficient (Wildman–Crippen LogP) is 31.7. The molecule has 6 heterocycles. The molecule has 25 aromatic rings. The molecule has 0 aliphatic rings. The monoisotopic (exact) mass is 1660 g/mol. The van der Waals surface area contributed by atoms with Crippen LogP contribution in [0.4, 0.5) is 0 Å². The normalized spacial score (nSPS) is 11.5. The molecule has 8 nitrogen and oxygen atoms in total. The Morgan fingerprint density at radius 3 is 0.562 bits per heavy atom. The number of benzene rings is 19. The zero-order valence-corrected chi connectivity index (χ0v) is 70.8. The van der Waals surface area contributed by atoms with E-state index in [9.17, 15) is 0 Å². The van der Waals surface area contributed by atoms with Crippen molar-refractivity contribution in [2.24, 2.45) is 0 Å². The smallest absolute Gasteiger partial charge is 0.160 e. The van der Waals surface area contributed by atoms with Gasteiger partial charge >= 0.3 is 0 Å². The van der Waals surface area contributed by atoms with Gasteiger partial charge in [0.15, 0.2) is 11.6 Å². The van der Waals surface area contributed by atoms with Crippen molar-refractivity contribution in [1.29, 1.82) is 0 Å². The molecule has 0 atom stereocenters. The molecule has 6 aromatic heterocycles. The summed E-state index contributed by atoms with van der Waals surface area (Å²) in [6, 6.07) is 173. The lowest BCUT2D eigenvalue weighted by molar-refractivity contribution is 1.17. The van der Waals surface area contributed by atoms with Gasteiger partial charge in [-0.2, -0.15) is 0 Å². The first-order valence-electron chi connectivity index (χ1n) is 44.2. The largest absolute Gasteiger partial charge is 0.309 e. The van der Waals surface area contributed by atoms with Crippen molar-refractivity contribution < 1.29 is 0 Å². The van der Waals surface area contributed by atoms with Crippen LogP contribution in [0.15, 0.2) is 485 Å². The first kappa shape index (κ1) is 76.2. The number of rotatable bonds is 15. The van der Waals surface area contributed by atoms with E-state index < -0.39 is 0 Å². The van der Waals surface area contributed by atoms with E-state index in [1.165, 1.54) is 132 Å². The zero-order chi connectivity index (χ0) is 86.0. The minimum Gasteiger partial charge on any atom is -0.309 e. The maximum absolute atomic E-state index is 5.23. The van der Waals surface area contributed by atoms with Gasteiger partial charge in [0.25, 0.3) is 0 Å². The third kappa shape index (κ3) is 13.9. The predicted molar refractivity (Wildman–Crippen MR) is 541 cm³/mol. The van der Waals surface area contributed by atoms with Gasteiger partial charge in [0.1, 0.15) is 0 Å². The highest BCUT2D eigenvalue weighted by Gasteiger charge is 2.22. The summed E-state index contributed by atoms with van der Waals surface area (Å²) in [4.78, 5) is 20.6. The number of hydrogen-bond acceptors (Lipinski definition) is 4. The molecule has 0 aliphatic heterocycles. The van der Waals surface area contributed by atoms with Gasteiger partial charge in [-0.15, -0.1) is 0 Å². The molecule has 19 aromatic carbocycles. The maximum atomic E-state index is 5.23. The van der Waals surface area contributed by atoms with Gasteiger partial charge < -0.3 is 18.3 Å². The summed E-state index contributed by atoms with van der Waals surface area (Å²) in [7, 11) is 0. The van der Waals surface area contributed by atoms with E-state index >= 15 is 0 Å². The third-order valence-electron chi connectivity index (χ3n) is 25.5. The lowest BCUT2D eigenvalue weighted by Gasteiger charge is -2.12. The number of aromatic nitrogens is 8. The molecule has 0 radical (unpaired) electrons. The van der Waals surface area contributed by atoms with Gasteiger partial charge in [-0.3, -0.25) is 0 Å². The molecule has 0 saturated heterocycles. The number of nitrogens with zero attached hydrogens (tertiary/aromatic N) is 8. The van der Waals surface area contributed by atoms with Crippen LogP contribution < -0.4 is 0 Å².